The van der Waals surface area contributed by atoms with E-state index in [0.717, 1.165) is 37.8 Å². The van der Waals surface area contributed by atoms with E-state index in [9.17, 15) is 18.0 Å². The number of aromatic nitrogens is 4. The van der Waals surface area contributed by atoms with Crippen molar-refractivity contribution < 1.29 is 18.0 Å². The minimum atomic E-state index is -4.45. The quantitative estimate of drug-likeness (QED) is 0.638. The third-order valence-electron chi connectivity index (χ3n) is 5.50. The molecule has 3 aromatic rings. The Morgan fingerprint density at radius 2 is 1.90 bits per heavy atom. The second kappa shape index (κ2) is 7.97. The van der Waals surface area contributed by atoms with Gasteiger partial charge >= 0.3 is 6.18 Å². The van der Waals surface area contributed by atoms with Crippen LogP contribution in [0.4, 0.5) is 19.0 Å². The number of halogens is 3. The largest absolute Gasteiger partial charge is 0.416 e. The fraction of sp³-hybridized carbons (Fsp3) is 0.381. The molecule has 1 aliphatic rings. The van der Waals surface area contributed by atoms with Crippen molar-refractivity contribution in [3.8, 4) is 5.69 Å². The van der Waals surface area contributed by atoms with Gasteiger partial charge in [-0.15, -0.1) is 0 Å². The lowest BCUT2D eigenvalue weighted by atomic mass is 9.96. The molecular formula is C21H22F3N5O. The van der Waals surface area contributed by atoms with Crippen LogP contribution in [0.5, 0.6) is 0 Å². The number of hydrogen-bond acceptors (Lipinski definition) is 3. The molecule has 0 aliphatic heterocycles. The molecule has 0 bridgehead atoms. The summed E-state index contributed by atoms with van der Waals surface area (Å²) in [5.74, 6) is 0.237. The first-order valence-electron chi connectivity index (χ1n) is 9.92. The van der Waals surface area contributed by atoms with Crippen molar-refractivity contribution in [2.75, 3.05) is 5.32 Å². The van der Waals surface area contributed by atoms with Crippen LogP contribution < -0.4 is 5.32 Å². The smallest absolute Gasteiger partial charge is 0.307 e. The molecule has 1 saturated carbocycles. The molecule has 158 valence electrons. The monoisotopic (exact) mass is 417 g/mol. The summed E-state index contributed by atoms with van der Waals surface area (Å²) in [5, 5.41) is 11.4. The van der Waals surface area contributed by atoms with Gasteiger partial charge in [-0.05, 0) is 38.0 Å². The van der Waals surface area contributed by atoms with Gasteiger partial charge in [-0.2, -0.15) is 23.4 Å². The van der Waals surface area contributed by atoms with Gasteiger partial charge in [0.05, 0.1) is 40.9 Å². The second-order valence-corrected chi connectivity index (χ2v) is 7.51. The summed E-state index contributed by atoms with van der Waals surface area (Å²) in [6, 6.07) is 6.87. The zero-order valence-corrected chi connectivity index (χ0v) is 16.5. The number of amides is 1. The number of alkyl halides is 3. The van der Waals surface area contributed by atoms with Gasteiger partial charge in [0.1, 0.15) is 5.82 Å². The van der Waals surface area contributed by atoms with E-state index in [4.69, 9.17) is 0 Å². The molecule has 30 heavy (non-hydrogen) atoms. The van der Waals surface area contributed by atoms with E-state index in [1.807, 2.05) is 4.68 Å². The van der Waals surface area contributed by atoms with Gasteiger partial charge in [0.2, 0.25) is 0 Å². The molecule has 1 N–H and O–H groups in total. The Hall–Kier alpha value is -3.10. The van der Waals surface area contributed by atoms with Crippen LogP contribution in [-0.2, 0) is 6.18 Å². The maximum absolute atomic E-state index is 13.0. The molecule has 4 rings (SSSR count). The fourth-order valence-corrected chi connectivity index (χ4v) is 3.92. The molecule has 1 amide bonds. The SMILES string of the molecule is Cc1c(C(=O)Nc2ccnn2C2CCCCC2)cnn1-c1cccc(C(F)(F)F)c1. The average molecular weight is 417 g/mol. The van der Waals surface area contributed by atoms with E-state index in [0.29, 0.717) is 17.1 Å². The highest BCUT2D eigenvalue weighted by Crippen LogP contribution is 2.31. The highest BCUT2D eigenvalue weighted by Gasteiger charge is 2.31. The van der Waals surface area contributed by atoms with Gasteiger partial charge in [-0.1, -0.05) is 25.3 Å². The summed E-state index contributed by atoms with van der Waals surface area (Å²) in [4.78, 5) is 12.9. The van der Waals surface area contributed by atoms with Crippen LogP contribution in [0.3, 0.4) is 0 Å². The molecule has 0 radical (unpaired) electrons. The zero-order valence-electron chi connectivity index (χ0n) is 16.5. The first-order chi connectivity index (χ1) is 14.3. The standard InChI is InChI=1S/C21H22F3N5O/c1-14-18(13-26-28(14)17-9-5-6-15(12-17)21(22,23)24)20(30)27-19-10-11-25-29(19)16-7-3-2-4-8-16/h5-6,9-13,16H,2-4,7-8H2,1H3,(H,27,30). The van der Waals surface area contributed by atoms with Crippen LogP contribution in [-0.4, -0.2) is 25.5 Å². The fourth-order valence-electron chi connectivity index (χ4n) is 3.92. The van der Waals surface area contributed by atoms with Crippen LogP contribution in [0.25, 0.3) is 5.69 Å². The zero-order chi connectivity index (χ0) is 21.3. The third kappa shape index (κ3) is 3.96. The number of carbonyl (C=O) groups excluding carboxylic acids is 1. The maximum Gasteiger partial charge on any atom is 0.416 e. The Bertz CT molecular complexity index is 1050. The highest BCUT2D eigenvalue weighted by atomic mass is 19.4. The van der Waals surface area contributed by atoms with Crippen molar-refractivity contribution in [3.63, 3.8) is 0 Å². The topological polar surface area (TPSA) is 64.7 Å². The van der Waals surface area contributed by atoms with E-state index in [-0.39, 0.29) is 17.6 Å². The Morgan fingerprint density at radius 3 is 2.63 bits per heavy atom. The van der Waals surface area contributed by atoms with Crippen molar-refractivity contribution in [1.29, 1.82) is 0 Å². The summed E-state index contributed by atoms with van der Waals surface area (Å²) in [7, 11) is 0. The van der Waals surface area contributed by atoms with E-state index in [2.05, 4.69) is 15.5 Å². The summed E-state index contributed by atoms with van der Waals surface area (Å²) in [6.45, 7) is 1.65. The van der Waals surface area contributed by atoms with Crippen LogP contribution in [0.1, 0.15) is 59.8 Å². The van der Waals surface area contributed by atoms with Crippen molar-refractivity contribution in [2.45, 2.75) is 51.2 Å². The lowest BCUT2D eigenvalue weighted by molar-refractivity contribution is -0.137. The number of anilines is 1. The molecule has 1 aromatic carbocycles. The van der Waals surface area contributed by atoms with E-state index < -0.39 is 11.7 Å². The minimum Gasteiger partial charge on any atom is -0.307 e. The van der Waals surface area contributed by atoms with Crippen LogP contribution in [0.15, 0.2) is 42.7 Å². The van der Waals surface area contributed by atoms with Gasteiger partial charge in [0.15, 0.2) is 0 Å². The molecular weight excluding hydrogens is 395 g/mol. The molecule has 0 atom stereocenters. The Balaban J connectivity index is 1.56. The molecule has 1 fully saturated rings. The first-order valence-corrected chi connectivity index (χ1v) is 9.92. The van der Waals surface area contributed by atoms with Gasteiger partial charge in [0.25, 0.3) is 5.91 Å². The molecule has 0 spiro atoms. The van der Waals surface area contributed by atoms with Crippen LogP contribution in [0, 0.1) is 6.92 Å². The predicted molar refractivity (Wildman–Crippen MR) is 106 cm³/mol. The number of carbonyl (C=O) groups is 1. The Morgan fingerprint density at radius 1 is 1.13 bits per heavy atom. The van der Waals surface area contributed by atoms with Crippen LogP contribution >= 0.6 is 0 Å². The summed E-state index contributed by atoms with van der Waals surface area (Å²) in [5.41, 5.74) is 0.227. The van der Waals surface area contributed by atoms with E-state index in [1.165, 1.54) is 29.4 Å². The Kier molecular flexibility index (Phi) is 5.36. The molecule has 0 saturated heterocycles. The lowest BCUT2D eigenvalue weighted by Crippen LogP contribution is -2.20. The number of nitrogens with one attached hydrogen (secondary N) is 1. The lowest BCUT2D eigenvalue weighted by Gasteiger charge is -2.23. The molecule has 9 heteroatoms. The number of rotatable bonds is 4. The van der Waals surface area contributed by atoms with Crippen molar-refractivity contribution in [2.24, 2.45) is 0 Å². The second-order valence-electron chi connectivity index (χ2n) is 7.51. The molecule has 1 aliphatic carbocycles. The van der Waals surface area contributed by atoms with Crippen LogP contribution in [0.2, 0.25) is 0 Å². The summed E-state index contributed by atoms with van der Waals surface area (Å²) >= 11 is 0. The molecule has 2 heterocycles. The number of benzene rings is 1. The first kappa shape index (κ1) is 20.2. The average Bonchev–Trinajstić information content (AvgIpc) is 3.34. The van der Waals surface area contributed by atoms with Crippen molar-refractivity contribution in [1.82, 2.24) is 19.6 Å². The number of hydrogen-bond donors (Lipinski definition) is 1. The van der Waals surface area contributed by atoms with Gasteiger partial charge in [-0.25, -0.2) is 9.36 Å². The number of nitrogens with zero attached hydrogens (tertiary/aromatic N) is 4. The van der Waals surface area contributed by atoms with E-state index in [1.54, 1.807) is 19.2 Å². The van der Waals surface area contributed by atoms with Crippen molar-refractivity contribution >= 4 is 11.7 Å². The van der Waals surface area contributed by atoms with E-state index >= 15 is 0 Å². The molecule has 2 aromatic heterocycles. The van der Waals surface area contributed by atoms with Gasteiger partial charge in [-0.3, -0.25) is 4.79 Å². The van der Waals surface area contributed by atoms with Crippen molar-refractivity contribution in [3.05, 3.63) is 59.5 Å². The maximum atomic E-state index is 13.0. The van der Waals surface area contributed by atoms with Gasteiger partial charge < -0.3 is 5.32 Å². The summed E-state index contributed by atoms with van der Waals surface area (Å²) < 4.78 is 42.2. The normalized spacial score (nSPS) is 15.3. The summed E-state index contributed by atoms with van der Waals surface area (Å²) in [6.07, 6.45) is 4.12. The highest BCUT2D eigenvalue weighted by molar-refractivity contribution is 6.04. The van der Waals surface area contributed by atoms with Gasteiger partial charge in [0, 0.05) is 6.07 Å². The minimum absolute atomic E-state index is 0.244. The Labute approximate surface area is 171 Å². The molecule has 6 nitrogen and oxygen atoms in total. The third-order valence-corrected chi connectivity index (χ3v) is 5.50. The predicted octanol–water partition coefficient (Wildman–Crippen LogP) is 5.15. The molecule has 0 unspecified atom stereocenters.